The molecule has 1 amide bonds. The molecule has 0 saturated heterocycles. The van der Waals surface area contributed by atoms with E-state index in [4.69, 9.17) is 30.9 Å². The van der Waals surface area contributed by atoms with Gasteiger partial charge in [-0.2, -0.15) is 26.3 Å². The Morgan fingerprint density at radius 1 is 0.905 bits per heavy atom. The number of carbonyl (C=O) groups is 3. The molecule has 0 saturated carbocycles. The minimum Gasteiger partial charge on any atom is -0.475 e. The molecule has 1 aliphatic rings. The molecule has 226 valence electrons. The number of amides is 1. The summed E-state index contributed by atoms with van der Waals surface area (Å²) < 4.78 is 63.5. The molecule has 0 aliphatic carbocycles. The molecule has 3 aromatic rings. The lowest BCUT2D eigenvalue weighted by Gasteiger charge is -2.26. The Morgan fingerprint density at radius 2 is 1.40 bits per heavy atom. The summed E-state index contributed by atoms with van der Waals surface area (Å²) in [5, 5.41) is 30.2. The van der Waals surface area contributed by atoms with Crippen LogP contribution in [-0.2, 0) is 16.1 Å². The van der Waals surface area contributed by atoms with Gasteiger partial charge in [-0.25, -0.2) is 9.59 Å². The van der Waals surface area contributed by atoms with Crippen molar-refractivity contribution in [3.05, 3.63) is 76.9 Å². The van der Waals surface area contributed by atoms with E-state index < -0.39 is 24.3 Å². The molecule has 1 aliphatic heterocycles. The van der Waals surface area contributed by atoms with Gasteiger partial charge in [-0.3, -0.25) is 10.2 Å². The number of anilines is 1. The van der Waals surface area contributed by atoms with Crippen LogP contribution in [0, 0.1) is 5.41 Å². The molecule has 4 rings (SSSR count). The summed E-state index contributed by atoms with van der Waals surface area (Å²) >= 11 is 0. The van der Waals surface area contributed by atoms with Crippen LogP contribution in [0.1, 0.15) is 46.3 Å². The Labute approximate surface area is 234 Å². The third-order valence-corrected chi connectivity index (χ3v) is 5.94. The standard InChI is InChI=1S/C23H24N4O.2C2HF3O2/c1-2-14-12-26-13-19-7-8-20(11-21(14)19)27-23(28)18-6-4-15-9-17(22(24)25)5-3-16(15)10-18;2*3-2(4,5)1(6)7/h3-11,14,26H,2,12-13H2,1H3,(H3,24,25)(H,27,28);2*(H,6,7). The summed E-state index contributed by atoms with van der Waals surface area (Å²) in [7, 11) is 0. The van der Waals surface area contributed by atoms with Crippen LogP contribution in [-0.4, -0.2) is 52.8 Å². The zero-order valence-corrected chi connectivity index (χ0v) is 21.9. The molecule has 3 aromatic carbocycles. The highest BCUT2D eigenvalue weighted by molar-refractivity contribution is 6.07. The zero-order valence-electron chi connectivity index (χ0n) is 21.9. The molecular formula is C27H26F6N4O5. The lowest BCUT2D eigenvalue weighted by atomic mass is 9.88. The fourth-order valence-electron chi connectivity index (χ4n) is 3.83. The minimum atomic E-state index is -5.08. The number of nitrogens with one attached hydrogen (secondary N) is 3. The van der Waals surface area contributed by atoms with Gasteiger partial charge in [-0.05, 0) is 64.6 Å². The van der Waals surface area contributed by atoms with Crippen LogP contribution in [0.4, 0.5) is 32.0 Å². The SMILES string of the molecule is CCC1CNCc2ccc(NC(=O)c3ccc4cc(C(=N)N)ccc4c3)cc21.O=C(O)C(F)(F)F.O=C(O)C(F)(F)F. The number of nitrogen functional groups attached to an aromatic ring is 1. The highest BCUT2D eigenvalue weighted by Gasteiger charge is 2.38. The third-order valence-electron chi connectivity index (χ3n) is 5.94. The van der Waals surface area contributed by atoms with Crippen LogP contribution in [0.5, 0.6) is 0 Å². The van der Waals surface area contributed by atoms with E-state index in [1.54, 1.807) is 12.1 Å². The smallest absolute Gasteiger partial charge is 0.475 e. The Balaban J connectivity index is 0.000000367. The van der Waals surface area contributed by atoms with E-state index in [1.165, 1.54) is 11.1 Å². The van der Waals surface area contributed by atoms with Gasteiger partial charge in [-0.15, -0.1) is 0 Å². The number of nitrogens with two attached hydrogens (primary N) is 1. The van der Waals surface area contributed by atoms with Crippen LogP contribution in [0.15, 0.2) is 54.6 Å². The first-order valence-electron chi connectivity index (χ1n) is 12.1. The van der Waals surface area contributed by atoms with Crippen LogP contribution in [0.25, 0.3) is 10.8 Å². The normalized spacial score (nSPS) is 14.3. The molecule has 0 radical (unpaired) electrons. The number of hydrogen-bond donors (Lipinski definition) is 6. The van der Waals surface area contributed by atoms with Crippen LogP contribution in [0.2, 0.25) is 0 Å². The molecule has 0 spiro atoms. The van der Waals surface area contributed by atoms with Crippen molar-refractivity contribution in [3.8, 4) is 0 Å². The zero-order chi connectivity index (χ0) is 31.8. The van der Waals surface area contributed by atoms with Crippen LogP contribution >= 0.6 is 0 Å². The summed E-state index contributed by atoms with van der Waals surface area (Å²) in [6, 6.07) is 17.3. The Morgan fingerprint density at radius 3 is 1.88 bits per heavy atom. The van der Waals surface area contributed by atoms with E-state index in [9.17, 15) is 31.1 Å². The largest absolute Gasteiger partial charge is 0.490 e. The number of hydrogen-bond acceptors (Lipinski definition) is 5. The molecule has 9 nitrogen and oxygen atoms in total. The highest BCUT2D eigenvalue weighted by Crippen LogP contribution is 2.29. The number of carboxylic acid groups (broad SMARTS) is 2. The predicted octanol–water partition coefficient (Wildman–Crippen LogP) is 5.24. The van der Waals surface area contributed by atoms with Gasteiger partial charge in [0.15, 0.2) is 0 Å². The van der Waals surface area contributed by atoms with Crippen molar-refractivity contribution in [2.75, 3.05) is 11.9 Å². The van der Waals surface area contributed by atoms with Gasteiger partial charge in [0.25, 0.3) is 5.91 Å². The monoisotopic (exact) mass is 600 g/mol. The fourth-order valence-corrected chi connectivity index (χ4v) is 3.83. The molecule has 0 bridgehead atoms. The molecule has 0 fully saturated rings. The van der Waals surface area contributed by atoms with Gasteiger partial charge in [0.05, 0.1) is 0 Å². The summed E-state index contributed by atoms with van der Waals surface area (Å²) in [4.78, 5) is 30.6. The maximum absolute atomic E-state index is 12.8. The van der Waals surface area contributed by atoms with E-state index in [2.05, 4.69) is 29.7 Å². The van der Waals surface area contributed by atoms with Crippen molar-refractivity contribution in [2.24, 2.45) is 5.73 Å². The van der Waals surface area contributed by atoms with Crippen molar-refractivity contribution >= 4 is 40.1 Å². The molecule has 1 atom stereocenters. The number of fused-ring (bicyclic) bond motifs is 2. The molecule has 0 aromatic heterocycles. The molecule has 1 unspecified atom stereocenters. The number of aliphatic carboxylic acids is 2. The van der Waals surface area contributed by atoms with E-state index in [-0.39, 0.29) is 11.7 Å². The molecular weight excluding hydrogens is 574 g/mol. The minimum absolute atomic E-state index is 0.0386. The van der Waals surface area contributed by atoms with Gasteiger partial charge in [0, 0.05) is 29.9 Å². The second-order valence-electron chi connectivity index (χ2n) is 8.90. The predicted molar refractivity (Wildman–Crippen MR) is 141 cm³/mol. The first-order valence-corrected chi connectivity index (χ1v) is 12.1. The van der Waals surface area contributed by atoms with Crippen molar-refractivity contribution in [1.82, 2.24) is 5.32 Å². The van der Waals surface area contributed by atoms with E-state index in [0.29, 0.717) is 17.0 Å². The van der Waals surface area contributed by atoms with Gasteiger partial charge in [-0.1, -0.05) is 31.2 Å². The molecule has 15 heteroatoms. The number of halogens is 6. The van der Waals surface area contributed by atoms with Crippen LogP contribution < -0.4 is 16.4 Å². The number of carboxylic acids is 2. The van der Waals surface area contributed by atoms with Crippen LogP contribution in [0.3, 0.4) is 0 Å². The van der Waals surface area contributed by atoms with Gasteiger partial charge >= 0.3 is 24.3 Å². The average Bonchev–Trinajstić information content (AvgIpc) is 2.91. The number of amidine groups is 1. The second kappa shape index (κ2) is 13.8. The first-order chi connectivity index (χ1) is 19.4. The molecule has 42 heavy (non-hydrogen) atoms. The van der Waals surface area contributed by atoms with E-state index >= 15 is 0 Å². The van der Waals surface area contributed by atoms with Gasteiger partial charge in [0.2, 0.25) is 0 Å². The third kappa shape index (κ3) is 9.47. The summed E-state index contributed by atoms with van der Waals surface area (Å²) in [6.45, 7) is 4.06. The summed E-state index contributed by atoms with van der Waals surface area (Å²) in [5.41, 5.74) is 10.3. The number of benzene rings is 3. The Bertz CT molecular complexity index is 1450. The van der Waals surface area contributed by atoms with Crippen molar-refractivity contribution in [3.63, 3.8) is 0 Å². The number of rotatable bonds is 4. The molecule has 1 heterocycles. The Kier molecular flexibility index (Phi) is 11.0. The van der Waals surface area contributed by atoms with Gasteiger partial charge in [0.1, 0.15) is 5.84 Å². The number of alkyl halides is 6. The van der Waals surface area contributed by atoms with Crippen molar-refractivity contribution in [2.45, 2.75) is 38.2 Å². The van der Waals surface area contributed by atoms with E-state index in [0.717, 1.165) is 36.0 Å². The lowest BCUT2D eigenvalue weighted by Crippen LogP contribution is -2.28. The molecule has 7 N–H and O–H groups in total. The second-order valence-corrected chi connectivity index (χ2v) is 8.90. The average molecular weight is 601 g/mol. The maximum Gasteiger partial charge on any atom is 0.490 e. The van der Waals surface area contributed by atoms with Crippen molar-refractivity contribution < 1.29 is 50.9 Å². The first kappa shape index (κ1) is 33.5. The van der Waals surface area contributed by atoms with Crippen molar-refractivity contribution in [1.29, 1.82) is 5.41 Å². The van der Waals surface area contributed by atoms with E-state index in [1.807, 2.05) is 30.3 Å². The topological polar surface area (TPSA) is 166 Å². The lowest BCUT2D eigenvalue weighted by molar-refractivity contribution is -0.193. The summed E-state index contributed by atoms with van der Waals surface area (Å²) in [6.07, 6.45) is -9.09. The quantitative estimate of drug-likeness (QED) is 0.135. The highest BCUT2D eigenvalue weighted by atomic mass is 19.4. The fraction of sp³-hybridized carbons (Fsp3) is 0.259. The Hall–Kier alpha value is -4.66. The maximum atomic E-state index is 12.8. The number of carbonyl (C=O) groups excluding carboxylic acids is 1. The van der Waals surface area contributed by atoms with Gasteiger partial charge < -0.3 is 26.6 Å². The summed E-state index contributed by atoms with van der Waals surface area (Å²) in [5.74, 6) is -5.12.